The fraction of sp³-hybridized carbons (Fsp3) is 0.304. The maximum atomic E-state index is 11.5. The Kier molecular flexibility index (Phi) is 8.26. The Hall–Kier alpha value is -3.59. The SMILES string of the molecule is COc1cc2ncnc(Nc3cc(Cl)ccc3OCCCCCC(=O)O)c2cc1OC(C)=O. The molecule has 0 unspecified atom stereocenters. The molecule has 3 rings (SSSR count). The summed E-state index contributed by atoms with van der Waals surface area (Å²) >= 11 is 6.20. The molecule has 1 heterocycles. The number of carbonyl (C=O) groups excluding carboxylic acids is 1. The summed E-state index contributed by atoms with van der Waals surface area (Å²) in [5.41, 5.74) is 1.18. The van der Waals surface area contributed by atoms with Crippen molar-refractivity contribution in [3.63, 3.8) is 0 Å². The van der Waals surface area contributed by atoms with Crippen LogP contribution in [0.15, 0.2) is 36.7 Å². The molecule has 2 N–H and O–H groups in total. The summed E-state index contributed by atoms with van der Waals surface area (Å²) in [5, 5.41) is 13.1. The van der Waals surface area contributed by atoms with E-state index < -0.39 is 11.9 Å². The number of unbranched alkanes of at least 4 members (excludes halogenated alkanes) is 2. The number of benzene rings is 2. The van der Waals surface area contributed by atoms with E-state index in [-0.39, 0.29) is 12.2 Å². The van der Waals surface area contributed by atoms with Gasteiger partial charge in [0.2, 0.25) is 0 Å². The van der Waals surface area contributed by atoms with Crippen molar-refractivity contribution in [3.8, 4) is 17.2 Å². The third-order valence-electron chi connectivity index (χ3n) is 4.66. The maximum Gasteiger partial charge on any atom is 0.308 e. The molecule has 0 saturated carbocycles. The number of carbonyl (C=O) groups is 2. The minimum absolute atomic E-state index is 0.147. The number of hydrogen-bond acceptors (Lipinski definition) is 8. The Morgan fingerprint density at radius 3 is 2.61 bits per heavy atom. The van der Waals surface area contributed by atoms with Crippen molar-refractivity contribution in [2.45, 2.75) is 32.6 Å². The molecule has 0 aliphatic rings. The van der Waals surface area contributed by atoms with Gasteiger partial charge in [-0.15, -0.1) is 0 Å². The van der Waals surface area contributed by atoms with E-state index in [2.05, 4.69) is 15.3 Å². The Morgan fingerprint density at radius 2 is 1.88 bits per heavy atom. The first-order valence-corrected chi connectivity index (χ1v) is 10.7. The van der Waals surface area contributed by atoms with Gasteiger partial charge >= 0.3 is 11.9 Å². The quantitative estimate of drug-likeness (QED) is 0.225. The number of fused-ring (bicyclic) bond motifs is 1. The normalized spacial score (nSPS) is 10.6. The average molecular weight is 474 g/mol. The van der Waals surface area contributed by atoms with Crippen molar-refractivity contribution < 1.29 is 28.9 Å². The van der Waals surface area contributed by atoms with Crippen LogP contribution in [-0.4, -0.2) is 40.7 Å². The molecule has 0 atom stereocenters. The third-order valence-corrected chi connectivity index (χ3v) is 4.90. The van der Waals surface area contributed by atoms with Gasteiger partial charge in [-0.1, -0.05) is 11.6 Å². The van der Waals surface area contributed by atoms with E-state index >= 15 is 0 Å². The van der Waals surface area contributed by atoms with Crippen LogP contribution in [-0.2, 0) is 9.59 Å². The summed E-state index contributed by atoms with van der Waals surface area (Å²) in [6.45, 7) is 1.73. The number of nitrogens with one attached hydrogen (secondary N) is 1. The van der Waals surface area contributed by atoms with Crippen LogP contribution in [0, 0.1) is 0 Å². The average Bonchev–Trinajstić information content (AvgIpc) is 2.76. The summed E-state index contributed by atoms with van der Waals surface area (Å²) in [6, 6.07) is 8.47. The van der Waals surface area contributed by atoms with Crippen molar-refractivity contribution in [2.24, 2.45) is 0 Å². The predicted molar refractivity (Wildman–Crippen MR) is 124 cm³/mol. The second-order valence-electron chi connectivity index (χ2n) is 7.15. The molecule has 0 radical (unpaired) electrons. The lowest BCUT2D eigenvalue weighted by Crippen LogP contribution is -2.05. The Bertz CT molecular complexity index is 1150. The number of esters is 1. The van der Waals surface area contributed by atoms with E-state index in [1.807, 2.05) is 0 Å². The zero-order valence-corrected chi connectivity index (χ0v) is 19.0. The number of hydrogen-bond donors (Lipinski definition) is 2. The lowest BCUT2D eigenvalue weighted by atomic mass is 10.2. The Morgan fingerprint density at radius 1 is 1.06 bits per heavy atom. The van der Waals surface area contributed by atoms with E-state index in [1.54, 1.807) is 30.3 Å². The second kappa shape index (κ2) is 11.3. The van der Waals surface area contributed by atoms with Crippen LogP contribution < -0.4 is 19.5 Å². The minimum atomic E-state index is -0.799. The monoisotopic (exact) mass is 473 g/mol. The molecule has 3 aromatic rings. The van der Waals surface area contributed by atoms with Gasteiger partial charge in [0, 0.05) is 29.8 Å². The van der Waals surface area contributed by atoms with Crippen LogP contribution in [0.3, 0.4) is 0 Å². The minimum Gasteiger partial charge on any atom is -0.493 e. The highest BCUT2D eigenvalue weighted by Crippen LogP contribution is 2.37. The molecule has 0 fully saturated rings. The number of aromatic nitrogens is 2. The zero-order chi connectivity index (χ0) is 23.8. The third kappa shape index (κ3) is 6.69. The molecular weight excluding hydrogens is 450 g/mol. The van der Waals surface area contributed by atoms with Gasteiger partial charge in [0.05, 0.1) is 24.9 Å². The van der Waals surface area contributed by atoms with Gasteiger partial charge in [0.25, 0.3) is 0 Å². The molecule has 0 saturated heterocycles. The molecule has 174 valence electrons. The molecule has 0 spiro atoms. The largest absolute Gasteiger partial charge is 0.493 e. The van der Waals surface area contributed by atoms with Crippen molar-refractivity contribution in [2.75, 3.05) is 19.0 Å². The van der Waals surface area contributed by atoms with Gasteiger partial charge < -0.3 is 24.6 Å². The topological polar surface area (TPSA) is 120 Å². The molecule has 1 aromatic heterocycles. The van der Waals surface area contributed by atoms with Gasteiger partial charge in [-0.3, -0.25) is 9.59 Å². The molecule has 9 nitrogen and oxygen atoms in total. The number of methoxy groups -OCH3 is 1. The van der Waals surface area contributed by atoms with Crippen LogP contribution in [0.2, 0.25) is 5.02 Å². The van der Waals surface area contributed by atoms with E-state index in [4.69, 9.17) is 30.9 Å². The van der Waals surface area contributed by atoms with E-state index in [0.717, 1.165) is 12.8 Å². The summed E-state index contributed by atoms with van der Waals surface area (Å²) in [7, 11) is 1.48. The lowest BCUT2D eigenvalue weighted by Gasteiger charge is -2.15. The highest BCUT2D eigenvalue weighted by Gasteiger charge is 2.15. The number of ether oxygens (including phenoxy) is 3. The lowest BCUT2D eigenvalue weighted by molar-refractivity contribution is -0.137. The van der Waals surface area contributed by atoms with Crippen LogP contribution in [0.4, 0.5) is 11.5 Å². The number of carboxylic acid groups (broad SMARTS) is 1. The maximum absolute atomic E-state index is 11.5. The smallest absolute Gasteiger partial charge is 0.308 e. The van der Waals surface area contributed by atoms with Crippen molar-refractivity contribution in [1.82, 2.24) is 9.97 Å². The molecule has 33 heavy (non-hydrogen) atoms. The second-order valence-corrected chi connectivity index (χ2v) is 7.59. The van der Waals surface area contributed by atoms with Crippen molar-refractivity contribution >= 4 is 45.9 Å². The molecule has 0 aliphatic heterocycles. The first-order chi connectivity index (χ1) is 15.9. The van der Waals surface area contributed by atoms with E-state index in [9.17, 15) is 9.59 Å². The van der Waals surface area contributed by atoms with Gasteiger partial charge in [-0.2, -0.15) is 0 Å². The first kappa shape index (κ1) is 24.1. The van der Waals surface area contributed by atoms with Crippen molar-refractivity contribution in [1.29, 1.82) is 0 Å². The summed E-state index contributed by atoms with van der Waals surface area (Å²) in [5.74, 6) is 0.374. The highest BCUT2D eigenvalue weighted by molar-refractivity contribution is 6.31. The Balaban J connectivity index is 1.83. The number of halogens is 1. The summed E-state index contributed by atoms with van der Waals surface area (Å²) < 4.78 is 16.5. The van der Waals surface area contributed by atoms with Crippen LogP contribution >= 0.6 is 11.6 Å². The van der Waals surface area contributed by atoms with Gasteiger partial charge in [-0.25, -0.2) is 9.97 Å². The van der Waals surface area contributed by atoms with Gasteiger partial charge in [-0.05, 0) is 43.5 Å². The van der Waals surface area contributed by atoms with E-state index in [1.165, 1.54) is 20.4 Å². The number of nitrogens with zero attached hydrogens (tertiary/aromatic N) is 2. The van der Waals surface area contributed by atoms with Crippen LogP contribution in [0.1, 0.15) is 32.6 Å². The van der Waals surface area contributed by atoms with Crippen LogP contribution in [0.5, 0.6) is 17.2 Å². The summed E-state index contributed by atoms with van der Waals surface area (Å²) in [6.07, 6.45) is 3.63. The van der Waals surface area contributed by atoms with E-state index in [0.29, 0.717) is 52.0 Å². The number of aliphatic carboxylic acids is 1. The first-order valence-electron chi connectivity index (χ1n) is 10.3. The molecule has 0 bridgehead atoms. The van der Waals surface area contributed by atoms with Gasteiger partial charge in [0.15, 0.2) is 11.5 Å². The molecule has 0 aliphatic carbocycles. The predicted octanol–water partition coefficient (Wildman–Crippen LogP) is 4.98. The van der Waals surface area contributed by atoms with Crippen molar-refractivity contribution in [3.05, 3.63) is 41.7 Å². The van der Waals surface area contributed by atoms with Crippen LogP contribution in [0.25, 0.3) is 10.9 Å². The molecule has 10 heteroatoms. The summed E-state index contributed by atoms with van der Waals surface area (Å²) in [4.78, 5) is 30.7. The fourth-order valence-electron chi connectivity index (χ4n) is 3.15. The number of rotatable bonds is 11. The van der Waals surface area contributed by atoms with Gasteiger partial charge in [0.1, 0.15) is 17.9 Å². The molecular formula is C23H24ClN3O6. The fourth-order valence-corrected chi connectivity index (χ4v) is 3.32. The highest BCUT2D eigenvalue weighted by atomic mass is 35.5. The molecule has 2 aromatic carbocycles. The number of anilines is 2. The standard InChI is InChI=1S/C23H24ClN3O6/c1-14(28)33-21-11-16-17(12-20(21)31-2)25-13-26-23(16)27-18-10-15(24)7-8-19(18)32-9-5-3-4-6-22(29)30/h7-8,10-13H,3-6,9H2,1-2H3,(H,29,30)(H,25,26,27). The molecule has 0 amide bonds. The Labute approximate surface area is 195 Å². The zero-order valence-electron chi connectivity index (χ0n) is 18.3. The number of carboxylic acids is 1.